The molecule has 0 atom stereocenters. The molecule has 146 valence electrons. The van der Waals surface area contributed by atoms with Crippen LogP contribution in [0.4, 0.5) is 0 Å². The Kier molecular flexibility index (Phi) is 7.35. The molecule has 2 aliphatic rings. The van der Waals surface area contributed by atoms with Crippen LogP contribution in [-0.4, -0.2) is 37.0 Å². The van der Waals surface area contributed by atoms with Gasteiger partial charge in [0.2, 0.25) is 0 Å². The van der Waals surface area contributed by atoms with Crippen molar-refractivity contribution in [3.8, 4) is 0 Å². The molecule has 3 nitrogen and oxygen atoms in total. The maximum atomic E-state index is 4.04. The van der Waals surface area contributed by atoms with Crippen molar-refractivity contribution in [2.75, 3.05) is 27.2 Å². The summed E-state index contributed by atoms with van der Waals surface area (Å²) in [5.41, 5.74) is 9.36. The van der Waals surface area contributed by atoms with E-state index in [4.69, 9.17) is 0 Å². The minimum absolute atomic E-state index is 0.957. The number of allylic oxidation sites excluding steroid dienone is 4. The number of likely N-dealkylation sites (N-methyl/N-ethyl adjacent to an activating group) is 1. The minimum Gasteiger partial charge on any atom is -0.392 e. The summed E-state index contributed by atoms with van der Waals surface area (Å²) in [4.78, 5) is 4.85. The van der Waals surface area contributed by atoms with Crippen molar-refractivity contribution in [1.82, 2.24) is 15.1 Å². The van der Waals surface area contributed by atoms with Gasteiger partial charge in [0, 0.05) is 49.8 Å². The first-order valence-corrected chi connectivity index (χ1v) is 10.00. The van der Waals surface area contributed by atoms with E-state index in [9.17, 15) is 0 Å². The third-order valence-electron chi connectivity index (χ3n) is 5.20. The summed E-state index contributed by atoms with van der Waals surface area (Å²) in [7, 11) is 4.13. The molecule has 0 radical (unpaired) electrons. The van der Waals surface area contributed by atoms with Crippen LogP contribution < -0.4 is 5.32 Å². The Hall–Kier alpha value is -2.42. The molecule has 0 aromatic heterocycles. The van der Waals surface area contributed by atoms with Gasteiger partial charge in [-0.2, -0.15) is 0 Å². The van der Waals surface area contributed by atoms with Gasteiger partial charge in [-0.05, 0) is 43.6 Å². The topological polar surface area (TPSA) is 18.5 Å². The molecular weight excluding hydrogens is 330 g/mol. The van der Waals surface area contributed by atoms with Crippen LogP contribution in [0.3, 0.4) is 0 Å². The number of nitrogens with one attached hydrogen (secondary N) is 1. The molecular formula is C24H35N3. The van der Waals surface area contributed by atoms with E-state index in [1.165, 1.54) is 39.4 Å². The molecule has 1 N–H and O–H groups in total. The third-order valence-corrected chi connectivity index (χ3v) is 5.20. The van der Waals surface area contributed by atoms with Gasteiger partial charge in [0.25, 0.3) is 0 Å². The Bertz CT molecular complexity index is 750. The fourth-order valence-electron chi connectivity index (χ4n) is 3.68. The molecule has 27 heavy (non-hydrogen) atoms. The fraction of sp³-hybridized carbons (Fsp3) is 0.417. The van der Waals surface area contributed by atoms with Crippen molar-refractivity contribution in [1.29, 1.82) is 0 Å². The summed E-state index contributed by atoms with van der Waals surface area (Å²) >= 11 is 0. The molecule has 3 rings (SSSR count). The zero-order chi connectivity index (χ0) is 20.0. The largest absolute Gasteiger partial charge is 0.392 e. The summed E-state index contributed by atoms with van der Waals surface area (Å²) in [5.74, 6) is 0. The molecule has 0 fully saturated rings. The molecule has 1 aromatic carbocycles. The van der Waals surface area contributed by atoms with Crippen molar-refractivity contribution in [2.24, 2.45) is 0 Å². The van der Waals surface area contributed by atoms with Gasteiger partial charge in [-0.25, -0.2) is 0 Å². The average Bonchev–Trinajstić information content (AvgIpc) is 3.07. The van der Waals surface area contributed by atoms with E-state index in [0.29, 0.717) is 0 Å². The summed E-state index contributed by atoms with van der Waals surface area (Å²) in [6.45, 7) is 15.3. The lowest BCUT2D eigenvalue weighted by Gasteiger charge is -2.33. The summed E-state index contributed by atoms with van der Waals surface area (Å²) < 4.78 is 0. The maximum Gasteiger partial charge on any atom is 0.0578 e. The van der Waals surface area contributed by atoms with Gasteiger partial charge in [-0.15, -0.1) is 0 Å². The highest BCUT2D eigenvalue weighted by Gasteiger charge is 2.30. The monoisotopic (exact) mass is 365 g/mol. The molecule has 0 spiro atoms. The van der Waals surface area contributed by atoms with Crippen molar-refractivity contribution >= 4 is 0 Å². The Balaban J connectivity index is 0.00000126. The van der Waals surface area contributed by atoms with E-state index in [2.05, 4.69) is 72.9 Å². The molecule has 0 saturated heterocycles. The number of benzene rings is 1. The highest BCUT2D eigenvalue weighted by molar-refractivity contribution is 5.53. The molecule has 0 amide bonds. The Morgan fingerprint density at radius 3 is 2.48 bits per heavy atom. The Labute approximate surface area is 165 Å². The van der Waals surface area contributed by atoms with Crippen molar-refractivity contribution < 1.29 is 0 Å². The molecule has 0 saturated carbocycles. The van der Waals surface area contributed by atoms with Gasteiger partial charge in [-0.3, -0.25) is 0 Å². The van der Waals surface area contributed by atoms with E-state index in [1.54, 1.807) is 0 Å². The van der Waals surface area contributed by atoms with Crippen LogP contribution in [0, 0.1) is 6.92 Å². The van der Waals surface area contributed by atoms with Crippen LogP contribution >= 0.6 is 0 Å². The summed E-state index contributed by atoms with van der Waals surface area (Å²) in [5, 5.41) is 3.25. The minimum atomic E-state index is 0.957. The normalized spacial score (nSPS) is 16.9. The lowest BCUT2D eigenvalue weighted by atomic mass is 9.95. The predicted molar refractivity (Wildman–Crippen MR) is 117 cm³/mol. The predicted octanol–water partition coefficient (Wildman–Crippen LogP) is 4.99. The summed E-state index contributed by atoms with van der Waals surface area (Å²) in [6.07, 6.45) is 5.35. The third kappa shape index (κ3) is 4.65. The molecule has 3 heteroatoms. The van der Waals surface area contributed by atoms with Gasteiger partial charge in [0.05, 0.1) is 6.54 Å². The number of aryl methyl sites for hydroxylation is 1. The van der Waals surface area contributed by atoms with Crippen molar-refractivity contribution in [3.05, 3.63) is 82.4 Å². The SMILES string of the molecule is C=CC1=C(/C=C(/C)NC)C2=C(CN1C)N(Cc1ccc(C)cc1)CC2.CC. The second kappa shape index (κ2) is 9.50. The molecule has 2 aliphatic heterocycles. The maximum absolute atomic E-state index is 4.04. The molecule has 0 bridgehead atoms. The van der Waals surface area contributed by atoms with Crippen LogP contribution in [0.25, 0.3) is 0 Å². The summed E-state index contributed by atoms with van der Waals surface area (Å²) in [6, 6.07) is 8.90. The van der Waals surface area contributed by atoms with E-state index in [0.717, 1.165) is 26.1 Å². The van der Waals surface area contributed by atoms with E-state index in [-0.39, 0.29) is 0 Å². The standard InChI is InChI=1S/C22H29N3.C2H6/c1-6-21-20(13-17(3)23-4)19-11-12-25(22(19)15-24(21)5)14-18-9-7-16(2)8-10-18;1-2/h6-10,13,23H,1,11-12,14-15H2,2-5H3;1-2H3/b17-13-;. The second-order valence-corrected chi connectivity index (χ2v) is 7.02. The van der Waals surface area contributed by atoms with Crippen molar-refractivity contribution in [3.63, 3.8) is 0 Å². The number of nitrogens with zero attached hydrogens (tertiary/aromatic N) is 2. The number of hydrogen-bond donors (Lipinski definition) is 1. The van der Waals surface area contributed by atoms with Crippen LogP contribution in [0.5, 0.6) is 0 Å². The highest BCUT2D eigenvalue weighted by Crippen LogP contribution is 2.37. The van der Waals surface area contributed by atoms with Crippen LogP contribution in [-0.2, 0) is 6.54 Å². The zero-order valence-corrected chi connectivity index (χ0v) is 17.9. The van der Waals surface area contributed by atoms with Gasteiger partial charge < -0.3 is 15.1 Å². The molecule has 0 unspecified atom stereocenters. The highest BCUT2D eigenvalue weighted by atomic mass is 15.2. The fourth-order valence-corrected chi connectivity index (χ4v) is 3.68. The van der Waals surface area contributed by atoms with Crippen LogP contribution in [0.15, 0.2) is 71.2 Å². The van der Waals surface area contributed by atoms with Crippen LogP contribution in [0.1, 0.15) is 38.3 Å². The smallest absolute Gasteiger partial charge is 0.0578 e. The lowest BCUT2D eigenvalue weighted by molar-refractivity contribution is 0.323. The van der Waals surface area contributed by atoms with Crippen LogP contribution in [0.2, 0.25) is 0 Å². The second-order valence-electron chi connectivity index (χ2n) is 7.02. The first-order chi connectivity index (χ1) is 13.0. The quantitative estimate of drug-likeness (QED) is 0.793. The number of hydrogen-bond acceptors (Lipinski definition) is 3. The van der Waals surface area contributed by atoms with E-state index < -0.39 is 0 Å². The molecule has 0 aliphatic carbocycles. The Morgan fingerprint density at radius 2 is 1.89 bits per heavy atom. The van der Waals surface area contributed by atoms with Gasteiger partial charge in [-0.1, -0.05) is 50.3 Å². The molecule has 2 heterocycles. The first kappa shape index (κ1) is 20.9. The number of rotatable bonds is 5. The Morgan fingerprint density at radius 1 is 1.22 bits per heavy atom. The molecule has 1 aromatic rings. The van der Waals surface area contributed by atoms with E-state index >= 15 is 0 Å². The van der Waals surface area contributed by atoms with Gasteiger partial charge in [0.15, 0.2) is 0 Å². The van der Waals surface area contributed by atoms with Gasteiger partial charge in [0.1, 0.15) is 0 Å². The lowest BCUT2D eigenvalue weighted by Crippen LogP contribution is -2.31. The van der Waals surface area contributed by atoms with E-state index in [1.807, 2.05) is 27.0 Å². The average molecular weight is 366 g/mol. The first-order valence-electron chi connectivity index (χ1n) is 10.00. The van der Waals surface area contributed by atoms with Gasteiger partial charge >= 0.3 is 0 Å². The zero-order valence-electron chi connectivity index (χ0n) is 17.9. The van der Waals surface area contributed by atoms with Crippen molar-refractivity contribution in [2.45, 2.75) is 40.7 Å².